The molecule has 1 aromatic heterocycles. The summed E-state index contributed by atoms with van der Waals surface area (Å²) >= 11 is 0. The van der Waals surface area contributed by atoms with Crippen molar-refractivity contribution in [2.75, 3.05) is 0 Å². The quantitative estimate of drug-likeness (QED) is 0.103. The van der Waals surface area contributed by atoms with Crippen molar-refractivity contribution in [2.24, 2.45) is 5.73 Å². The Morgan fingerprint density at radius 1 is 0.750 bits per heavy atom. The van der Waals surface area contributed by atoms with Gasteiger partial charge in [-0.05, 0) is 42.2 Å². The predicted octanol–water partition coefficient (Wildman–Crippen LogP) is -0.135. The molecule has 1 heterocycles. The third-order valence-corrected chi connectivity index (χ3v) is 6.73. The van der Waals surface area contributed by atoms with Crippen LogP contribution in [0.5, 0.6) is 5.75 Å². The van der Waals surface area contributed by atoms with Crippen LogP contribution in [0.1, 0.15) is 30.4 Å². The Bertz CT molecular complexity index is 1520. The standard InChI is InChI=1S/C29H33N5O10/c30-19(12-16-14-31-20-4-2-1-3-18(16)20)26(40)33-23(13-25(38)39)28(42)34-22(11-15-5-7-17(35)8-6-15)27(41)32-21(29(43)44)9-10-24(36)37/h1-8,14,19,21-23,31,35H,9-13,30H2,(H,32,41)(H,33,40)(H,34,42)(H,36,37)(H,38,39)(H,43,44). The highest BCUT2D eigenvalue weighted by Crippen LogP contribution is 2.19. The maximum Gasteiger partial charge on any atom is 0.326 e. The largest absolute Gasteiger partial charge is 0.508 e. The lowest BCUT2D eigenvalue weighted by atomic mass is 10.0. The van der Waals surface area contributed by atoms with Crippen LogP contribution < -0.4 is 21.7 Å². The van der Waals surface area contributed by atoms with Gasteiger partial charge in [-0.25, -0.2) is 4.79 Å². The second kappa shape index (κ2) is 15.2. The van der Waals surface area contributed by atoms with Crippen LogP contribution in [0.2, 0.25) is 0 Å². The molecule has 15 nitrogen and oxygen atoms in total. The van der Waals surface area contributed by atoms with Gasteiger partial charge >= 0.3 is 17.9 Å². The fraction of sp³-hybridized carbons (Fsp3) is 0.310. The summed E-state index contributed by atoms with van der Waals surface area (Å²) in [7, 11) is 0. The lowest BCUT2D eigenvalue weighted by Gasteiger charge is -2.25. The molecule has 0 spiro atoms. The van der Waals surface area contributed by atoms with Crippen LogP contribution in [-0.4, -0.2) is 85.2 Å². The molecule has 3 amide bonds. The van der Waals surface area contributed by atoms with Crippen molar-refractivity contribution in [3.8, 4) is 5.75 Å². The molecule has 0 saturated carbocycles. The Morgan fingerprint density at radius 2 is 1.36 bits per heavy atom. The number of nitrogens with one attached hydrogen (secondary N) is 4. The molecule has 4 unspecified atom stereocenters. The van der Waals surface area contributed by atoms with E-state index in [0.717, 1.165) is 16.5 Å². The number of nitrogens with two attached hydrogens (primary N) is 1. The van der Waals surface area contributed by atoms with Gasteiger partial charge in [0.1, 0.15) is 23.9 Å². The Morgan fingerprint density at radius 3 is 2.00 bits per heavy atom. The van der Waals surface area contributed by atoms with Crippen LogP contribution in [0.4, 0.5) is 0 Å². The maximum atomic E-state index is 13.3. The van der Waals surface area contributed by atoms with E-state index in [1.54, 1.807) is 6.20 Å². The number of aromatic hydroxyl groups is 1. The number of fused-ring (bicyclic) bond motifs is 1. The topological polar surface area (TPSA) is 261 Å². The number of hydrogen-bond acceptors (Lipinski definition) is 8. The molecule has 0 aliphatic heterocycles. The SMILES string of the molecule is NC(Cc1c[nH]c2ccccc12)C(=O)NC(CC(=O)O)C(=O)NC(Cc1ccc(O)cc1)C(=O)NC(CCC(=O)O)C(=O)O. The fourth-order valence-electron chi connectivity index (χ4n) is 4.44. The number of carbonyl (C=O) groups excluding carboxylic acids is 3. The number of phenolic OH excluding ortho intramolecular Hbond substituents is 1. The Hall–Kier alpha value is -5.44. The minimum Gasteiger partial charge on any atom is -0.508 e. The van der Waals surface area contributed by atoms with Gasteiger partial charge in [-0.1, -0.05) is 30.3 Å². The normalized spacial score (nSPS) is 13.7. The van der Waals surface area contributed by atoms with E-state index in [2.05, 4.69) is 20.9 Å². The highest BCUT2D eigenvalue weighted by Gasteiger charge is 2.32. The highest BCUT2D eigenvalue weighted by molar-refractivity contribution is 5.96. The van der Waals surface area contributed by atoms with E-state index in [-0.39, 0.29) is 18.6 Å². The average Bonchev–Trinajstić information content (AvgIpc) is 3.37. The molecule has 3 rings (SSSR count). The molecule has 15 heteroatoms. The van der Waals surface area contributed by atoms with Gasteiger partial charge in [0.2, 0.25) is 17.7 Å². The molecule has 3 aromatic rings. The zero-order valence-corrected chi connectivity index (χ0v) is 23.4. The number of phenols is 1. The maximum absolute atomic E-state index is 13.3. The molecule has 0 aliphatic rings. The molecule has 2 aromatic carbocycles. The lowest BCUT2D eigenvalue weighted by Crippen LogP contribution is -2.58. The molecule has 0 saturated heterocycles. The van der Waals surface area contributed by atoms with Gasteiger partial charge in [0.15, 0.2) is 0 Å². The molecule has 0 fully saturated rings. The van der Waals surface area contributed by atoms with Gasteiger partial charge in [0.05, 0.1) is 12.5 Å². The summed E-state index contributed by atoms with van der Waals surface area (Å²) in [6.45, 7) is 0. The average molecular weight is 612 g/mol. The molecule has 234 valence electrons. The van der Waals surface area contributed by atoms with Gasteiger partial charge in [-0.2, -0.15) is 0 Å². The van der Waals surface area contributed by atoms with Crippen LogP contribution in [0.15, 0.2) is 54.7 Å². The number of para-hydroxylation sites is 1. The van der Waals surface area contributed by atoms with Gasteiger partial charge in [0.25, 0.3) is 0 Å². The minimum absolute atomic E-state index is 0.0655. The van der Waals surface area contributed by atoms with E-state index in [9.17, 15) is 44.1 Å². The van der Waals surface area contributed by atoms with Crippen molar-refractivity contribution < 1.29 is 49.2 Å². The lowest BCUT2D eigenvalue weighted by molar-refractivity contribution is -0.144. The number of aromatic amines is 1. The van der Waals surface area contributed by atoms with Gasteiger partial charge < -0.3 is 47.1 Å². The number of rotatable bonds is 16. The minimum atomic E-state index is -1.66. The Kier molecular flexibility index (Phi) is 11.4. The number of H-pyrrole nitrogens is 1. The summed E-state index contributed by atoms with van der Waals surface area (Å²) in [5.41, 5.74) is 8.07. The monoisotopic (exact) mass is 611 g/mol. The van der Waals surface area contributed by atoms with Gasteiger partial charge in [-0.15, -0.1) is 0 Å². The number of aliphatic carboxylic acids is 3. The first kappa shape index (κ1) is 33.1. The van der Waals surface area contributed by atoms with E-state index in [0.29, 0.717) is 5.56 Å². The summed E-state index contributed by atoms with van der Waals surface area (Å²) in [6.07, 6.45) is -0.332. The summed E-state index contributed by atoms with van der Waals surface area (Å²) in [5.74, 6) is -7.18. The molecule has 4 atom stereocenters. The Balaban J connectivity index is 1.77. The van der Waals surface area contributed by atoms with Crippen molar-refractivity contribution in [1.82, 2.24) is 20.9 Å². The van der Waals surface area contributed by atoms with Crippen molar-refractivity contribution in [2.45, 2.75) is 56.3 Å². The first-order chi connectivity index (χ1) is 20.8. The smallest absolute Gasteiger partial charge is 0.326 e. The van der Waals surface area contributed by atoms with E-state index < -0.39 is 79.1 Å². The first-order valence-corrected chi connectivity index (χ1v) is 13.5. The molecule has 0 bridgehead atoms. The van der Waals surface area contributed by atoms with Crippen LogP contribution in [0.3, 0.4) is 0 Å². The van der Waals surface area contributed by atoms with Crippen LogP contribution in [0, 0.1) is 0 Å². The third kappa shape index (κ3) is 9.55. The number of aromatic nitrogens is 1. The first-order valence-electron chi connectivity index (χ1n) is 13.5. The summed E-state index contributed by atoms with van der Waals surface area (Å²) in [4.78, 5) is 76.6. The second-order valence-corrected chi connectivity index (χ2v) is 10.1. The number of carbonyl (C=O) groups is 6. The fourth-order valence-corrected chi connectivity index (χ4v) is 4.44. The summed E-state index contributed by atoms with van der Waals surface area (Å²) in [5, 5.41) is 45.1. The van der Waals surface area contributed by atoms with Crippen molar-refractivity contribution in [3.05, 3.63) is 65.9 Å². The van der Waals surface area contributed by atoms with Crippen LogP contribution in [-0.2, 0) is 41.6 Å². The van der Waals surface area contributed by atoms with Crippen LogP contribution in [0.25, 0.3) is 10.9 Å². The number of hydrogen-bond donors (Lipinski definition) is 9. The molecule has 10 N–H and O–H groups in total. The molecular weight excluding hydrogens is 578 g/mol. The van der Waals surface area contributed by atoms with Crippen molar-refractivity contribution >= 4 is 46.5 Å². The Labute approximate surface area is 250 Å². The summed E-state index contributed by atoms with van der Waals surface area (Å²) in [6, 6.07) is 6.94. The van der Waals surface area contributed by atoms with E-state index >= 15 is 0 Å². The van der Waals surface area contributed by atoms with E-state index in [4.69, 9.17) is 10.8 Å². The van der Waals surface area contributed by atoms with E-state index in [1.807, 2.05) is 24.3 Å². The second-order valence-electron chi connectivity index (χ2n) is 10.1. The van der Waals surface area contributed by atoms with E-state index in [1.165, 1.54) is 24.3 Å². The third-order valence-electron chi connectivity index (χ3n) is 6.73. The number of carboxylic acid groups (broad SMARTS) is 3. The van der Waals surface area contributed by atoms with Gasteiger partial charge in [0, 0.05) is 29.9 Å². The molecular formula is C29H33N5O10. The van der Waals surface area contributed by atoms with Crippen molar-refractivity contribution in [1.29, 1.82) is 0 Å². The molecule has 0 radical (unpaired) electrons. The van der Waals surface area contributed by atoms with Gasteiger partial charge in [-0.3, -0.25) is 24.0 Å². The number of amides is 3. The zero-order valence-electron chi connectivity index (χ0n) is 23.4. The molecule has 0 aliphatic carbocycles. The van der Waals surface area contributed by atoms with Crippen molar-refractivity contribution in [3.63, 3.8) is 0 Å². The number of carboxylic acids is 3. The van der Waals surface area contributed by atoms with Crippen LogP contribution >= 0.6 is 0 Å². The zero-order chi connectivity index (χ0) is 32.4. The highest BCUT2D eigenvalue weighted by atomic mass is 16.4. The predicted molar refractivity (Wildman–Crippen MR) is 154 cm³/mol. The molecule has 44 heavy (non-hydrogen) atoms. The summed E-state index contributed by atoms with van der Waals surface area (Å²) < 4.78 is 0. The number of benzene rings is 2.